The number of halogens is 4. The number of benzene rings is 1. The zero-order valence-electron chi connectivity index (χ0n) is 8.95. The standard InChI is InChI=1S/C11H8ClF3N2O/c12-7-1-2-10(9(5-7)11(13,14)15)17-4-3-8(6-18)16-17/h1-5,18H,6H2. The van der Waals surface area contributed by atoms with E-state index in [4.69, 9.17) is 16.7 Å². The van der Waals surface area contributed by atoms with Gasteiger partial charge in [0.05, 0.1) is 23.6 Å². The Morgan fingerprint density at radius 1 is 1.28 bits per heavy atom. The van der Waals surface area contributed by atoms with Gasteiger partial charge < -0.3 is 5.11 Å². The molecule has 0 spiro atoms. The van der Waals surface area contributed by atoms with Crippen molar-refractivity contribution in [3.05, 3.63) is 46.7 Å². The largest absolute Gasteiger partial charge is 0.418 e. The van der Waals surface area contributed by atoms with Crippen molar-refractivity contribution >= 4 is 11.6 Å². The molecule has 0 atom stereocenters. The molecule has 0 saturated carbocycles. The number of aromatic nitrogens is 2. The monoisotopic (exact) mass is 276 g/mol. The van der Waals surface area contributed by atoms with Gasteiger partial charge in [0.1, 0.15) is 0 Å². The average Bonchev–Trinajstić information content (AvgIpc) is 2.76. The van der Waals surface area contributed by atoms with Crippen LogP contribution < -0.4 is 0 Å². The molecule has 1 N–H and O–H groups in total. The number of nitrogens with zero attached hydrogens (tertiary/aromatic N) is 2. The minimum Gasteiger partial charge on any atom is -0.390 e. The highest BCUT2D eigenvalue weighted by Crippen LogP contribution is 2.35. The molecule has 1 heterocycles. The van der Waals surface area contributed by atoms with Crippen LogP contribution in [0, 0.1) is 0 Å². The fourth-order valence-electron chi connectivity index (χ4n) is 1.52. The molecule has 0 radical (unpaired) electrons. The van der Waals surface area contributed by atoms with E-state index in [1.165, 1.54) is 24.4 Å². The molecule has 0 bridgehead atoms. The van der Waals surface area contributed by atoms with E-state index in [0.717, 1.165) is 10.7 Å². The summed E-state index contributed by atoms with van der Waals surface area (Å²) >= 11 is 5.57. The van der Waals surface area contributed by atoms with Crippen molar-refractivity contribution in [2.24, 2.45) is 0 Å². The number of hydrogen-bond donors (Lipinski definition) is 1. The Balaban J connectivity index is 2.56. The SMILES string of the molecule is OCc1ccn(-c2ccc(Cl)cc2C(F)(F)F)n1. The Labute approximate surface area is 105 Å². The zero-order chi connectivity index (χ0) is 13.3. The van der Waals surface area contributed by atoms with Crippen LogP contribution in [0.1, 0.15) is 11.3 Å². The molecule has 0 aliphatic rings. The van der Waals surface area contributed by atoms with Gasteiger partial charge in [-0.1, -0.05) is 11.6 Å². The molecule has 96 valence electrons. The number of alkyl halides is 3. The Hall–Kier alpha value is -1.53. The Morgan fingerprint density at radius 3 is 2.56 bits per heavy atom. The predicted molar refractivity (Wildman–Crippen MR) is 59.5 cm³/mol. The Morgan fingerprint density at radius 2 is 2.00 bits per heavy atom. The summed E-state index contributed by atoms with van der Waals surface area (Å²) in [7, 11) is 0. The molecule has 7 heteroatoms. The van der Waals surface area contributed by atoms with Crippen LogP contribution in [-0.4, -0.2) is 14.9 Å². The maximum atomic E-state index is 12.9. The molecule has 0 aliphatic heterocycles. The number of rotatable bonds is 2. The van der Waals surface area contributed by atoms with E-state index in [-0.39, 0.29) is 23.0 Å². The van der Waals surface area contributed by atoms with E-state index in [9.17, 15) is 13.2 Å². The summed E-state index contributed by atoms with van der Waals surface area (Å²) in [6.07, 6.45) is -3.17. The van der Waals surface area contributed by atoms with Crippen LogP contribution in [0.5, 0.6) is 0 Å². The highest BCUT2D eigenvalue weighted by Gasteiger charge is 2.34. The summed E-state index contributed by atoms with van der Waals surface area (Å²) in [5, 5.41) is 12.7. The van der Waals surface area contributed by atoms with Crippen molar-refractivity contribution in [3.8, 4) is 5.69 Å². The lowest BCUT2D eigenvalue weighted by atomic mass is 10.1. The molecule has 2 rings (SSSR count). The van der Waals surface area contributed by atoms with Gasteiger partial charge >= 0.3 is 6.18 Å². The van der Waals surface area contributed by atoms with Gasteiger partial charge in [0, 0.05) is 11.2 Å². The van der Waals surface area contributed by atoms with Gasteiger partial charge in [-0.25, -0.2) is 4.68 Å². The van der Waals surface area contributed by atoms with Gasteiger partial charge in [-0.2, -0.15) is 18.3 Å². The summed E-state index contributed by atoms with van der Waals surface area (Å²) in [6, 6.07) is 4.87. The molecule has 0 saturated heterocycles. The molecule has 3 nitrogen and oxygen atoms in total. The second-order valence-corrected chi connectivity index (χ2v) is 4.01. The Bertz CT molecular complexity index is 566. The van der Waals surface area contributed by atoms with Crippen LogP contribution in [0.4, 0.5) is 13.2 Å². The van der Waals surface area contributed by atoms with E-state index in [1.807, 2.05) is 0 Å². The third-order valence-electron chi connectivity index (χ3n) is 2.32. The van der Waals surface area contributed by atoms with E-state index >= 15 is 0 Å². The fraction of sp³-hybridized carbons (Fsp3) is 0.182. The molecule has 0 unspecified atom stereocenters. The third-order valence-corrected chi connectivity index (χ3v) is 2.55. The second-order valence-electron chi connectivity index (χ2n) is 3.57. The van der Waals surface area contributed by atoms with Gasteiger partial charge in [-0.05, 0) is 24.3 Å². The molecule has 18 heavy (non-hydrogen) atoms. The van der Waals surface area contributed by atoms with Gasteiger partial charge in [-0.3, -0.25) is 0 Å². The maximum absolute atomic E-state index is 12.9. The van der Waals surface area contributed by atoms with Crippen molar-refractivity contribution in [1.29, 1.82) is 0 Å². The van der Waals surface area contributed by atoms with Crippen molar-refractivity contribution in [2.75, 3.05) is 0 Å². The summed E-state index contributed by atoms with van der Waals surface area (Å²) < 4.78 is 39.6. The third kappa shape index (κ3) is 2.49. The second kappa shape index (κ2) is 4.62. The van der Waals surface area contributed by atoms with Crippen LogP contribution in [0.15, 0.2) is 30.5 Å². The highest BCUT2D eigenvalue weighted by molar-refractivity contribution is 6.30. The van der Waals surface area contributed by atoms with Crippen molar-refractivity contribution in [1.82, 2.24) is 9.78 Å². The van der Waals surface area contributed by atoms with Gasteiger partial charge in [0.25, 0.3) is 0 Å². The number of aliphatic hydroxyl groups is 1. The van der Waals surface area contributed by atoms with Crippen LogP contribution in [0.3, 0.4) is 0 Å². The van der Waals surface area contributed by atoms with Gasteiger partial charge in [-0.15, -0.1) is 0 Å². The van der Waals surface area contributed by atoms with Crippen LogP contribution in [0.25, 0.3) is 5.69 Å². The lowest BCUT2D eigenvalue weighted by molar-refractivity contribution is -0.137. The molecule has 0 fully saturated rings. The lowest BCUT2D eigenvalue weighted by Gasteiger charge is -2.13. The first kappa shape index (κ1) is 12.9. The first-order chi connectivity index (χ1) is 8.41. The number of aliphatic hydroxyl groups excluding tert-OH is 1. The van der Waals surface area contributed by atoms with E-state index < -0.39 is 11.7 Å². The van der Waals surface area contributed by atoms with Crippen LogP contribution >= 0.6 is 11.6 Å². The first-order valence-corrected chi connectivity index (χ1v) is 5.32. The van der Waals surface area contributed by atoms with Gasteiger partial charge in [0.2, 0.25) is 0 Å². The van der Waals surface area contributed by atoms with Crippen molar-refractivity contribution in [3.63, 3.8) is 0 Å². The topological polar surface area (TPSA) is 38.0 Å². The molecule has 0 amide bonds. The molecule has 0 aliphatic carbocycles. The van der Waals surface area contributed by atoms with Crippen LogP contribution in [-0.2, 0) is 12.8 Å². The maximum Gasteiger partial charge on any atom is 0.418 e. The minimum absolute atomic E-state index is 0.000567. The summed E-state index contributed by atoms with van der Waals surface area (Å²) in [6.45, 7) is -0.331. The molecular weight excluding hydrogens is 269 g/mol. The average molecular weight is 277 g/mol. The first-order valence-electron chi connectivity index (χ1n) is 4.94. The zero-order valence-corrected chi connectivity index (χ0v) is 9.70. The minimum atomic E-state index is -4.52. The predicted octanol–water partition coefficient (Wildman–Crippen LogP) is 3.04. The van der Waals surface area contributed by atoms with Crippen molar-refractivity contribution in [2.45, 2.75) is 12.8 Å². The molecule has 1 aromatic heterocycles. The van der Waals surface area contributed by atoms with E-state index in [2.05, 4.69) is 5.10 Å². The summed E-state index contributed by atoms with van der Waals surface area (Å²) in [5.74, 6) is 0. The van der Waals surface area contributed by atoms with E-state index in [0.29, 0.717) is 0 Å². The Kier molecular flexibility index (Phi) is 3.32. The van der Waals surface area contributed by atoms with Crippen LogP contribution in [0.2, 0.25) is 5.02 Å². The molecule has 1 aromatic carbocycles. The fourth-order valence-corrected chi connectivity index (χ4v) is 1.69. The van der Waals surface area contributed by atoms with Crippen molar-refractivity contribution < 1.29 is 18.3 Å². The quantitative estimate of drug-likeness (QED) is 0.915. The lowest BCUT2D eigenvalue weighted by Crippen LogP contribution is -2.11. The normalized spacial score (nSPS) is 11.8. The number of hydrogen-bond acceptors (Lipinski definition) is 2. The van der Waals surface area contributed by atoms with Gasteiger partial charge in [0.15, 0.2) is 0 Å². The molecular formula is C11H8ClF3N2O. The summed E-state index contributed by atoms with van der Waals surface area (Å²) in [4.78, 5) is 0. The van der Waals surface area contributed by atoms with E-state index in [1.54, 1.807) is 0 Å². The smallest absolute Gasteiger partial charge is 0.390 e. The summed E-state index contributed by atoms with van der Waals surface area (Å²) in [5.41, 5.74) is -0.715. The molecule has 2 aromatic rings. The highest BCUT2D eigenvalue weighted by atomic mass is 35.5.